The van der Waals surface area contributed by atoms with E-state index in [1.54, 1.807) is 32.6 Å². The van der Waals surface area contributed by atoms with Gasteiger partial charge in [-0.15, -0.1) is 0 Å². The maximum absolute atomic E-state index is 12.3. The molecule has 1 heterocycles. The van der Waals surface area contributed by atoms with Gasteiger partial charge in [-0.25, -0.2) is 5.43 Å². The first-order chi connectivity index (χ1) is 13.6. The second kappa shape index (κ2) is 8.61. The number of nitrogens with one attached hydrogen (secondary N) is 1. The Bertz CT molecular complexity index is 1020. The highest BCUT2D eigenvalue weighted by atomic mass is 16.5. The van der Waals surface area contributed by atoms with Crippen LogP contribution in [0.15, 0.2) is 47.6 Å². The molecule has 0 atom stereocenters. The summed E-state index contributed by atoms with van der Waals surface area (Å²) in [6.07, 6.45) is 1.92. The van der Waals surface area contributed by atoms with Gasteiger partial charge in [0.2, 0.25) is 5.91 Å². The number of benzene rings is 2. The number of hydrogen-bond acceptors (Lipinski definition) is 4. The number of nitrogens with zero attached hydrogens (tertiary/aromatic N) is 2. The molecule has 3 rings (SSSR count). The van der Waals surface area contributed by atoms with E-state index in [1.807, 2.05) is 18.2 Å². The minimum Gasteiger partial charge on any atom is -0.493 e. The highest BCUT2D eigenvalue weighted by molar-refractivity contribution is 6.01. The summed E-state index contributed by atoms with van der Waals surface area (Å²) in [5, 5.41) is 5.30. The van der Waals surface area contributed by atoms with Gasteiger partial charge in [0, 0.05) is 28.7 Å². The third kappa shape index (κ3) is 3.86. The Kier molecular flexibility index (Phi) is 5.99. The zero-order valence-electron chi connectivity index (χ0n) is 16.7. The molecule has 0 spiro atoms. The van der Waals surface area contributed by atoms with Gasteiger partial charge in [-0.2, -0.15) is 5.10 Å². The van der Waals surface area contributed by atoms with Gasteiger partial charge < -0.3 is 14.0 Å². The summed E-state index contributed by atoms with van der Waals surface area (Å²) >= 11 is 0. The summed E-state index contributed by atoms with van der Waals surface area (Å²) < 4.78 is 12.7. The van der Waals surface area contributed by atoms with Gasteiger partial charge in [0.1, 0.15) is 0 Å². The van der Waals surface area contributed by atoms with E-state index >= 15 is 0 Å². The van der Waals surface area contributed by atoms with Crippen LogP contribution in [0.25, 0.3) is 10.9 Å². The van der Waals surface area contributed by atoms with Gasteiger partial charge in [0.05, 0.1) is 26.9 Å². The average molecular weight is 379 g/mol. The van der Waals surface area contributed by atoms with Crippen molar-refractivity contribution < 1.29 is 14.3 Å². The van der Waals surface area contributed by atoms with Crippen molar-refractivity contribution >= 4 is 23.0 Å². The molecule has 3 aromatic rings. The number of amides is 1. The zero-order valence-corrected chi connectivity index (χ0v) is 16.7. The van der Waals surface area contributed by atoms with Crippen molar-refractivity contribution in [2.24, 2.45) is 5.10 Å². The molecule has 0 aliphatic heterocycles. The number of methoxy groups -OCH3 is 2. The standard InChI is InChI=1S/C22H25N3O3/c1-5-25-15(2)18(17-8-6-7-9-19(17)25)14-23-24-22(26)13-16-10-11-20(27-3)21(12-16)28-4/h6-12,14H,5,13H2,1-4H3,(H,24,26)/b23-14-. The maximum Gasteiger partial charge on any atom is 0.244 e. The van der Waals surface area contributed by atoms with Crippen molar-refractivity contribution in [2.75, 3.05) is 14.2 Å². The minimum absolute atomic E-state index is 0.194. The number of carbonyl (C=O) groups is 1. The molecule has 0 radical (unpaired) electrons. The van der Waals surface area contributed by atoms with Crippen molar-refractivity contribution in [1.82, 2.24) is 9.99 Å². The lowest BCUT2D eigenvalue weighted by Crippen LogP contribution is -2.19. The van der Waals surface area contributed by atoms with Gasteiger partial charge in [0.15, 0.2) is 11.5 Å². The molecule has 6 heteroatoms. The Hall–Kier alpha value is -3.28. The molecule has 6 nitrogen and oxygen atoms in total. The largest absolute Gasteiger partial charge is 0.493 e. The van der Waals surface area contributed by atoms with Gasteiger partial charge in [-0.1, -0.05) is 24.3 Å². The van der Waals surface area contributed by atoms with E-state index < -0.39 is 0 Å². The molecule has 1 N–H and O–H groups in total. The molecular formula is C22H25N3O3. The van der Waals surface area contributed by atoms with Gasteiger partial charge in [-0.3, -0.25) is 4.79 Å². The van der Waals surface area contributed by atoms with Gasteiger partial charge in [0.25, 0.3) is 0 Å². The highest BCUT2D eigenvalue weighted by Crippen LogP contribution is 2.27. The molecule has 0 bridgehead atoms. The molecule has 0 fully saturated rings. The molecule has 1 aromatic heterocycles. The van der Waals surface area contributed by atoms with Crippen molar-refractivity contribution in [2.45, 2.75) is 26.8 Å². The van der Waals surface area contributed by atoms with Crippen LogP contribution in [-0.2, 0) is 17.8 Å². The molecule has 0 unspecified atom stereocenters. The first-order valence-corrected chi connectivity index (χ1v) is 9.19. The number of carbonyl (C=O) groups excluding carboxylic acids is 1. The van der Waals surface area contributed by atoms with Crippen LogP contribution in [0, 0.1) is 6.92 Å². The van der Waals surface area contributed by atoms with Crippen LogP contribution < -0.4 is 14.9 Å². The molecular weight excluding hydrogens is 354 g/mol. The monoisotopic (exact) mass is 379 g/mol. The van der Waals surface area contributed by atoms with Crippen LogP contribution in [0.4, 0.5) is 0 Å². The second-order valence-electron chi connectivity index (χ2n) is 6.42. The van der Waals surface area contributed by atoms with Crippen LogP contribution in [0.2, 0.25) is 0 Å². The van der Waals surface area contributed by atoms with Crippen molar-refractivity contribution in [3.8, 4) is 11.5 Å². The number of hydrazone groups is 1. The lowest BCUT2D eigenvalue weighted by molar-refractivity contribution is -0.120. The Balaban J connectivity index is 1.72. The van der Waals surface area contributed by atoms with E-state index in [0.717, 1.165) is 28.8 Å². The Labute approximate surface area is 164 Å². The van der Waals surface area contributed by atoms with Crippen molar-refractivity contribution in [3.05, 3.63) is 59.3 Å². The molecule has 0 aliphatic rings. The minimum atomic E-state index is -0.194. The summed E-state index contributed by atoms with van der Waals surface area (Å²) in [4.78, 5) is 12.3. The van der Waals surface area contributed by atoms with Crippen LogP contribution in [0.5, 0.6) is 11.5 Å². The second-order valence-corrected chi connectivity index (χ2v) is 6.42. The number of aryl methyl sites for hydroxylation is 1. The Morgan fingerprint density at radius 1 is 1.14 bits per heavy atom. The third-order valence-electron chi connectivity index (χ3n) is 4.79. The summed E-state index contributed by atoms with van der Waals surface area (Å²) in [7, 11) is 3.15. The van der Waals surface area contributed by atoms with E-state index in [-0.39, 0.29) is 12.3 Å². The third-order valence-corrected chi connectivity index (χ3v) is 4.79. The number of aromatic nitrogens is 1. The lowest BCUT2D eigenvalue weighted by Gasteiger charge is -2.09. The zero-order chi connectivity index (χ0) is 20.1. The quantitative estimate of drug-likeness (QED) is 0.503. The Morgan fingerprint density at radius 3 is 2.61 bits per heavy atom. The maximum atomic E-state index is 12.3. The molecule has 1 amide bonds. The summed E-state index contributed by atoms with van der Waals surface area (Å²) in [6, 6.07) is 13.6. The smallest absolute Gasteiger partial charge is 0.244 e. The molecule has 0 saturated heterocycles. The number of rotatable bonds is 7. The first kappa shape index (κ1) is 19.5. The topological polar surface area (TPSA) is 64.9 Å². The number of ether oxygens (including phenoxy) is 2. The first-order valence-electron chi connectivity index (χ1n) is 9.19. The summed E-state index contributed by atoms with van der Waals surface area (Å²) in [5.41, 5.74) is 6.75. The van der Waals surface area contributed by atoms with E-state index in [0.29, 0.717) is 11.5 Å². The lowest BCUT2D eigenvalue weighted by atomic mass is 10.1. The summed E-state index contributed by atoms with van der Waals surface area (Å²) in [5.74, 6) is 1.03. The summed E-state index contributed by atoms with van der Waals surface area (Å²) in [6.45, 7) is 5.06. The molecule has 146 valence electrons. The van der Waals surface area contributed by atoms with Gasteiger partial charge >= 0.3 is 0 Å². The number of fused-ring (bicyclic) bond motifs is 1. The fraction of sp³-hybridized carbons (Fsp3) is 0.273. The van der Waals surface area contributed by atoms with Crippen LogP contribution >= 0.6 is 0 Å². The normalized spacial score (nSPS) is 11.1. The number of para-hydroxylation sites is 1. The number of hydrogen-bond donors (Lipinski definition) is 1. The SMILES string of the molecule is CCn1c(C)c(/C=N\NC(=O)Cc2ccc(OC)c(OC)c2)c2ccccc21. The van der Waals surface area contributed by atoms with E-state index in [1.165, 1.54) is 5.52 Å². The van der Waals surface area contributed by atoms with E-state index in [9.17, 15) is 4.79 Å². The predicted molar refractivity (Wildman–Crippen MR) is 111 cm³/mol. The molecule has 28 heavy (non-hydrogen) atoms. The Morgan fingerprint density at radius 2 is 1.89 bits per heavy atom. The highest BCUT2D eigenvalue weighted by Gasteiger charge is 2.11. The molecule has 0 saturated carbocycles. The fourth-order valence-electron chi connectivity index (χ4n) is 3.41. The van der Waals surface area contributed by atoms with E-state index in [2.05, 4.69) is 41.1 Å². The molecule has 0 aliphatic carbocycles. The molecule has 2 aromatic carbocycles. The fourth-order valence-corrected chi connectivity index (χ4v) is 3.41. The van der Waals surface area contributed by atoms with Crippen LogP contribution in [0.1, 0.15) is 23.7 Å². The van der Waals surface area contributed by atoms with Crippen molar-refractivity contribution in [3.63, 3.8) is 0 Å². The van der Waals surface area contributed by atoms with Gasteiger partial charge in [-0.05, 0) is 37.6 Å². The van der Waals surface area contributed by atoms with Crippen LogP contribution in [0.3, 0.4) is 0 Å². The van der Waals surface area contributed by atoms with Crippen molar-refractivity contribution in [1.29, 1.82) is 0 Å². The average Bonchev–Trinajstić information content (AvgIpc) is 2.98. The predicted octanol–water partition coefficient (Wildman–Crippen LogP) is 3.68. The van der Waals surface area contributed by atoms with Crippen LogP contribution in [-0.4, -0.2) is 30.9 Å². The van der Waals surface area contributed by atoms with E-state index in [4.69, 9.17) is 9.47 Å².